The summed E-state index contributed by atoms with van der Waals surface area (Å²) in [5.41, 5.74) is 0.238. The Morgan fingerprint density at radius 1 is 1.27 bits per heavy atom. The third-order valence-electron chi connectivity index (χ3n) is 2.01. The summed E-state index contributed by atoms with van der Waals surface area (Å²) in [5.74, 6) is 0. The zero-order chi connectivity index (χ0) is 11.9. The molecular formula is C11H25N3S. The van der Waals surface area contributed by atoms with E-state index in [1.54, 1.807) is 0 Å². The van der Waals surface area contributed by atoms with Gasteiger partial charge in [-0.2, -0.15) is 0 Å². The Hall–Kier alpha value is -0.350. The molecule has 0 rings (SSSR count). The van der Waals surface area contributed by atoms with Gasteiger partial charge in [0.25, 0.3) is 0 Å². The van der Waals surface area contributed by atoms with Crippen molar-refractivity contribution in [3.05, 3.63) is 0 Å². The molecule has 0 saturated carbocycles. The minimum Gasteiger partial charge on any atom is -0.363 e. The molecule has 15 heavy (non-hydrogen) atoms. The minimum atomic E-state index is 0.238. The van der Waals surface area contributed by atoms with Crippen LogP contribution in [0, 0.1) is 5.41 Å². The van der Waals surface area contributed by atoms with E-state index in [2.05, 4.69) is 50.4 Å². The molecule has 90 valence electrons. The normalized spacial score (nSPS) is 11.6. The van der Waals surface area contributed by atoms with Crippen molar-refractivity contribution in [2.75, 3.05) is 33.7 Å². The fraction of sp³-hybridized carbons (Fsp3) is 0.909. The molecule has 0 fully saturated rings. The number of rotatable bonds is 6. The Morgan fingerprint density at radius 2 is 1.87 bits per heavy atom. The van der Waals surface area contributed by atoms with E-state index in [1.165, 1.54) is 0 Å². The van der Waals surface area contributed by atoms with Crippen LogP contribution in [0.15, 0.2) is 0 Å². The van der Waals surface area contributed by atoms with E-state index in [0.717, 1.165) is 31.2 Å². The predicted molar refractivity (Wildman–Crippen MR) is 71.2 cm³/mol. The smallest absolute Gasteiger partial charge is 0.166 e. The Morgan fingerprint density at radius 3 is 2.33 bits per heavy atom. The van der Waals surface area contributed by atoms with E-state index in [-0.39, 0.29) is 5.41 Å². The molecule has 0 aliphatic carbocycles. The second-order valence-corrected chi connectivity index (χ2v) is 5.42. The maximum atomic E-state index is 5.17. The van der Waals surface area contributed by atoms with Gasteiger partial charge < -0.3 is 15.5 Å². The quantitative estimate of drug-likeness (QED) is 0.677. The Kier molecular flexibility index (Phi) is 6.85. The molecule has 0 spiro atoms. The highest BCUT2D eigenvalue weighted by Gasteiger charge is 2.18. The van der Waals surface area contributed by atoms with Gasteiger partial charge in [0.1, 0.15) is 0 Å². The summed E-state index contributed by atoms with van der Waals surface area (Å²) in [7, 11) is 4.19. The van der Waals surface area contributed by atoms with Gasteiger partial charge in [-0.1, -0.05) is 20.8 Å². The molecule has 4 heteroatoms. The summed E-state index contributed by atoms with van der Waals surface area (Å²) < 4.78 is 0. The molecule has 3 nitrogen and oxygen atoms in total. The molecule has 0 atom stereocenters. The van der Waals surface area contributed by atoms with Crippen LogP contribution in [0.3, 0.4) is 0 Å². The van der Waals surface area contributed by atoms with E-state index in [1.807, 2.05) is 0 Å². The molecule has 0 amide bonds. The molecular weight excluding hydrogens is 206 g/mol. The van der Waals surface area contributed by atoms with Crippen molar-refractivity contribution < 1.29 is 0 Å². The van der Waals surface area contributed by atoms with Crippen LogP contribution in [-0.2, 0) is 0 Å². The van der Waals surface area contributed by atoms with Crippen LogP contribution >= 0.6 is 12.2 Å². The van der Waals surface area contributed by atoms with Crippen LogP contribution in [0.4, 0.5) is 0 Å². The first-order valence-corrected chi connectivity index (χ1v) is 5.94. The first-order valence-electron chi connectivity index (χ1n) is 5.54. The molecule has 0 radical (unpaired) electrons. The van der Waals surface area contributed by atoms with E-state index in [4.69, 9.17) is 12.2 Å². The minimum absolute atomic E-state index is 0.238. The molecule has 0 aliphatic heterocycles. The number of thiocarbonyl (C=S) groups is 1. The van der Waals surface area contributed by atoms with Crippen molar-refractivity contribution in [3.63, 3.8) is 0 Å². The summed E-state index contributed by atoms with van der Waals surface area (Å²) >= 11 is 5.17. The summed E-state index contributed by atoms with van der Waals surface area (Å²) in [5, 5.41) is 7.19. The first kappa shape index (κ1) is 14.6. The van der Waals surface area contributed by atoms with Gasteiger partial charge in [0.15, 0.2) is 5.11 Å². The molecule has 0 unspecified atom stereocenters. The summed E-state index contributed by atoms with van der Waals surface area (Å²) in [4.78, 5) is 2.20. The van der Waals surface area contributed by atoms with Crippen LogP contribution in [0.25, 0.3) is 0 Å². The molecule has 0 aromatic rings. The molecule has 0 bridgehead atoms. The van der Waals surface area contributed by atoms with Gasteiger partial charge in [-0.05, 0) is 38.1 Å². The SMILES string of the molecule is CCCNC(=S)NCC(C)(C)CN(C)C. The Bertz CT molecular complexity index is 190. The van der Waals surface area contributed by atoms with Crippen molar-refractivity contribution >= 4 is 17.3 Å². The van der Waals surface area contributed by atoms with E-state index >= 15 is 0 Å². The highest BCUT2D eigenvalue weighted by molar-refractivity contribution is 7.80. The maximum Gasteiger partial charge on any atom is 0.166 e. The number of nitrogens with zero attached hydrogens (tertiary/aromatic N) is 1. The lowest BCUT2D eigenvalue weighted by Crippen LogP contribution is -2.43. The monoisotopic (exact) mass is 231 g/mol. The van der Waals surface area contributed by atoms with Gasteiger partial charge in [0.2, 0.25) is 0 Å². The van der Waals surface area contributed by atoms with Crippen LogP contribution in [0.5, 0.6) is 0 Å². The molecule has 2 N–H and O–H groups in total. The van der Waals surface area contributed by atoms with Gasteiger partial charge in [-0.15, -0.1) is 0 Å². The average molecular weight is 231 g/mol. The van der Waals surface area contributed by atoms with Crippen LogP contribution in [0.1, 0.15) is 27.2 Å². The highest BCUT2D eigenvalue weighted by Crippen LogP contribution is 2.13. The topological polar surface area (TPSA) is 27.3 Å². The first-order chi connectivity index (χ1) is 6.87. The van der Waals surface area contributed by atoms with Gasteiger partial charge in [-0.3, -0.25) is 0 Å². The zero-order valence-electron chi connectivity index (χ0n) is 10.7. The standard InChI is InChI=1S/C11H25N3S/c1-6-7-12-10(15)13-8-11(2,3)9-14(4)5/h6-9H2,1-5H3,(H2,12,13,15). The van der Waals surface area contributed by atoms with Gasteiger partial charge in [-0.25, -0.2) is 0 Å². The van der Waals surface area contributed by atoms with Crippen LogP contribution < -0.4 is 10.6 Å². The number of hydrogen-bond acceptors (Lipinski definition) is 2. The third kappa shape index (κ3) is 8.63. The van der Waals surface area contributed by atoms with Crippen LogP contribution in [0.2, 0.25) is 0 Å². The average Bonchev–Trinajstić information content (AvgIpc) is 2.09. The molecule has 0 aromatic heterocycles. The lowest BCUT2D eigenvalue weighted by atomic mass is 9.93. The molecule has 0 heterocycles. The van der Waals surface area contributed by atoms with Gasteiger partial charge in [0, 0.05) is 19.6 Å². The molecule has 0 aromatic carbocycles. The third-order valence-corrected chi connectivity index (χ3v) is 2.30. The highest BCUT2D eigenvalue weighted by atomic mass is 32.1. The Labute approximate surface area is 99.6 Å². The largest absolute Gasteiger partial charge is 0.363 e. The molecule has 0 aliphatic rings. The van der Waals surface area contributed by atoms with Crippen molar-refractivity contribution in [3.8, 4) is 0 Å². The second-order valence-electron chi connectivity index (χ2n) is 5.01. The van der Waals surface area contributed by atoms with Gasteiger partial charge in [0.05, 0.1) is 0 Å². The van der Waals surface area contributed by atoms with Crippen molar-refractivity contribution in [1.29, 1.82) is 0 Å². The van der Waals surface area contributed by atoms with Crippen molar-refractivity contribution in [2.45, 2.75) is 27.2 Å². The Balaban J connectivity index is 3.77. The zero-order valence-corrected chi connectivity index (χ0v) is 11.5. The van der Waals surface area contributed by atoms with Crippen molar-refractivity contribution in [1.82, 2.24) is 15.5 Å². The fourth-order valence-corrected chi connectivity index (χ4v) is 1.71. The number of hydrogen-bond donors (Lipinski definition) is 2. The lowest BCUT2D eigenvalue weighted by molar-refractivity contribution is 0.241. The summed E-state index contributed by atoms with van der Waals surface area (Å²) in [6, 6.07) is 0. The maximum absolute atomic E-state index is 5.17. The predicted octanol–water partition coefficient (Wildman–Crippen LogP) is 1.45. The van der Waals surface area contributed by atoms with Crippen molar-refractivity contribution in [2.24, 2.45) is 5.41 Å². The second kappa shape index (κ2) is 7.01. The lowest BCUT2D eigenvalue weighted by Gasteiger charge is -2.29. The molecule has 0 saturated heterocycles. The van der Waals surface area contributed by atoms with E-state index in [9.17, 15) is 0 Å². The summed E-state index contributed by atoms with van der Waals surface area (Å²) in [6.45, 7) is 9.51. The van der Waals surface area contributed by atoms with Crippen LogP contribution in [-0.4, -0.2) is 43.7 Å². The van der Waals surface area contributed by atoms with E-state index < -0.39 is 0 Å². The number of nitrogens with one attached hydrogen (secondary N) is 2. The fourth-order valence-electron chi connectivity index (χ4n) is 1.53. The van der Waals surface area contributed by atoms with E-state index in [0.29, 0.717) is 0 Å². The summed E-state index contributed by atoms with van der Waals surface area (Å²) in [6.07, 6.45) is 1.10. The van der Waals surface area contributed by atoms with Gasteiger partial charge >= 0.3 is 0 Å².